The molecule has 4 aromatic rings. The minimum atomic E-state index is 0.0867. The van der Waals surface area contributed by atoms with E-state index in [4.69, 9.17) is 4.74 Å². The Labute approximate surface area is 125 Å². The largest absolute Gasteiger partial charge is 0.504 e. The van der Waals surface area contributed by atoms with Crippen molar-refractivity contribution in [3.05, 3.63) is 48.8 Å². The normalized spacial score (nSPS) is 11.1. The zero-order chi connectivity index (χ0) is 15.1. The van der Waals surface area contributed by atoms with Crippen molar-refractivity contribution in [2.24, 2.45) is 0 Å². The van der Waals surface area contributed by atoms with Gasteiger partial charge >= 0.3 is 0 Å². The van der Waals surface area contributed by atoms with Crippen LogP contribution in [0.25, 0.3) is 27.9 Å². The highest BCUT2D eigenvalue weighted by Gasteiger charge is 2.13. The van der Waals surface area contributed by atoms with E-state index in [0.717, 1.165) is 22.1 Å². The van der Waals surface area contributed by atoms with E-state index < -0.39 is 0 Å². The Morgan fingerprint density at radius 3 is 2.82 bits per heavy atom. The SMILES string of the molecule is COc1cc(-c2nnc3c4ccccc4ncn23)ccc1O. The fourth-order valence-electron chi connectivity index (χ4n) is 2.49. The van der Waals surface area contributed by atoms with Crippen LogP contribution < -0.4 is 4.74 Å². The number of phenolic OH excluding ortho intramolecular Hbond substituents is 1. The summed E-state index contributed by atoms with van der Waals surface area (Å²) in [4.78, 5) is 4.43. The van der Waals surface area contributed by atoms with Crippen molar-refractivity contribution >= 4 is 16.6 Å². The highest BCUT2D eigenvalue weighted by molar-refractivity contribution is 5.91. The molecule has 4 rings (SSSR count). The second-order valence-corrected chi connectivity index (χ2v) is 4.87. The van der Waals surface area contributed by atoms with Crippen LogP contribution in [0.3, 0.4) is 0 Å². The van der Waals surface area contributed by atoms with Crippen molar-refractivity contribution in [1.29, 1.82) is 0 Å². The molecule has 0 spiro atoms. The Morgan fingerprint density at radius 1 is 1.09 bits per heavy atom. The molecule has 22 heavy (non-hydrogen) atoms. The number of hydrogen-bond acceptors (Lipinski definition) is 5. The van der Waals surface area contributed by atoms with E-state index in [1.165, 1.54) is 7.11 Å². The third-order valence-corrected chi connectivity index (χ3v) is 3.59. The van der Waals surface area contributed by atoms with Crippen LogP contribution >= 0.6 is 0 Å². The zero-order valence-corrected chi connectivity index (χ0v) is 11.8. The zero-order valence-electron chi connectivity index (χ0n) is 11.8. The van der Waals surface area contributed by atoms with Crippen molar-refractivity contribution < 1.29 is 9.84 Å². The number of aromatic hydroxyl groups is 1. The molecule has 0 radical (unpaired) electrons. The number of ether oxygens (including phenoxy) is 1. The first kappa shape index (κ1) is 12.6. The van der Waals surface area contributed by atoms with Crippen LogP contribution in [0.5, 0.6) is 11.5 Å². The summed E-state index contributed by atoms with van der Waals surface area (Å²) in [5, 5.41) is 19.2. The Bertz CT molecular complexity index is 994. The molecule has 0 bridgehead atoms. The molecular formula is C16H12N4O2. The van der Waals surface area contributed by atoms with Gasteiger partial charge in [-0.3, -0.25) is 4.40 Å². The lowest BCUT2D eigenvalue weighted by molar-refractivity contribution is 0.373. The molecule has 0 unspecified atom stereocenters. The van der Waals surface area contributed by atoms with Crippen LogP contribution in [0.2, 0.25) is 0 Å². The summed E-state index contributed by atoms with van der Waals surface area (Å²) in [6, 6.07) is 12.9. The van der Waals surface area contributed by atoms with Gasteiger partial charge in [-0.05, 0) is 30.3 Å². The van der Waals surface area contributed by atoms with E-state index in [1.807, 2.05) is 28.7 Å². The van der Waals surface area contributed by atoms with Gasteiger partial charge in [-0.25, -0.2) is 4.98 Å². The predicted molar refractivity (Wildman–Crippen MR) is 81.9 cm³/mol. The lowest BCUT2D eigenvalue weighted by Crippen LogP contribution is -1.93. The van der Waals surface area contributed by atoms with Gasteiger partial charge in [0.25, 0.3) is 0 Å². The summed E-state index contributed by atoms with van der Waals surface area (Å²) >= 11 is 0. The van der Waals surface area contributed by atoms with Gasteiger partial charge in [0.15, 0.2) is 23.0 Å². The number of nitrogens with zero attached hydrogens (tertiary/aromatic N) is 4. The maximum absolute atomic E-state index is 9.71. The number of para-hydroxylation sites is 1. The van der Waals surface area contributed by atoms with Crippen molar-refractivity contribution in [1.82, 2.24) is 19.6 Å². The summed E-state index contributed by atoms with van der Waals surface area (Å²) in [6.07, 6.45) is 1.70. The van der Waals surface area contributed by atoms with Crippen LogP contribution in [0, 0.1) is 0 Å². The Morgan fingerprint density at radius 2 is 1.95 bits per heavy atom. The number of phenols is 1. The molecule has 0 saturated heterocycles. The van der Waals surface area contributed by atoms with Crippen molar-refractivity contribution in [3.8, 4) is 22.9 Å². The third kappa shape index (κ3) is 1.77. The minimum absolute atomic E-state index is 0.0867. The van der Waals surface area contributed by atoms with E-state index in [1.54, 1.807) is 24.5 Å². The maximum atomic E-state index is 9.71. The summed E-state index contributed by atoms with van der Waals surface area (Å²) in [7, 11) is 1.51. The van der Waals surface area contributed by atoms with Crippen LogP contribution in [0.4, 0.5) is 0 Å². The topological polar surface area (TPSA) is 72.5 Å². The Kier molecular flexibility index (Phi) is 2.69. The molecule has 0 aliphatic rings. The number of benzene rings is 2. The summed E-state index contributed by atoms with van der Waals surface area (Å²) in [5.41, 5.74) is 2.41. The molecule has 0 fully saturated rings. The predicted octanol–water partition coefficient (Wildman–Crippen LogP) is 2.66. The van der Waals surface area contributed by atoms with Crippen LogP contribution in [0.1, 0.15) is 0 Å². The monoisotopic (exact) mass is 292 g/mol. The van der Waals surface area contributed by atoms with Gasteiger partial charge in [0, 0.05) is 10.9 Å². The van der Waals surface area contributed by atoms with Crippen molar-refractivity contribution in [2.45, 2.75) is 0 Å². The first-order valence-corrected chi connectivity index (χ1v) is 6.74. The van der Waals surface area contributed by atoms with E-state index in [2.05, 4.69) is 15.2 Å². The number of hydrogen-bond donors (Lipinski definition) is 1. The molecule has 108 valence electrons. The molecule has 0 aliphatic carbocycles. The van der Waals surface area contributed by atoms with Gasteiger partial charge < -0.3 is 9.84 Å². The molecule has 2 heterocycles. The molecule has 6 heteroatoms. The Balaban J connectivity index is 1.98. The fraction of sp³-hybridized carbons (Fsp3) is 0.0625. The summed E-state index contributed by atoms with van der Waals surface area (Å²) in [5.74, 6) is 1.12. The summed E-state index contributed by atoms with van der Waals surface area (Å²) in [6.45, 7) is 0. The number of fused-ring (bicyclic) bond motifs is 3. The number of rotatable bonds is 2. The van der Waals surface area contributed by atoms with E-state index in [9.17, 15) is 5.11 Å². The van der Waals surface area contributed by atoms with Crippen molar-refractivity contribution in [3.63, 3.8) is 0 Å². The first-order valence-electron chi connectivity index (χ1n) is 6.74. The smallest absolute Gasteiger partial charge is 0.171 e. The molecule has 1 N–H and O–H groups in total. The molecule has 2 aromatic carbocycles. The first-order chi connectivity index (χ1) is 10.8. The van der Waals surface area contributed by atoms with Gasteiger partial charge in [-0.2, -0.15) is 0 Å². The molecule has 0 saturated carbocycles. The molecule has 0 aliphatic heterocycles. The van der Waals surface area contributed by atoms with E-state index in [-0.39, 0.29) is 5.75 Å². The molecule has 2 aromatic heterocycles. The maximum Gasteiger partial charge on any atom is 0.171 e. The van der Waals surface area contributed by atoms with Gasteiger partial charge in [0.1, 0.15) is 6.33 Å². The van der Waals surface area contributed by atoms with Crippen LogP contribution in [0.15, 0.2) is 48.8 Å². The average Bonchev–Trinajstić information content (AvgIpc) is 3.00. The van der Waals surface area contributed by atoms with Gasteiger partial charge in [0.2, 0.25) is 0 Å². The van der Waals surface area contributed by atoms with Gasteiger partial charge in [-0.15, -0.1) is 10.2 Å². The molecule has 0 amide bonds. The summed E-state index contributed by atoms with van der Waals surface area (Å²) < 4.78 is 6.97. The van der Waals surface area contributed by atoms with Gasteiger partial charge in [-0.1, -0.05) is 12.1 Å². The van der Waals surface area contributed by atoms with Crippen LogP contribution in [-0.2, 0) is 0 Å². The lowest BCUT2D eigenvalue weighted by atomic mass is 10.2. The van der Waals surface area contributed by atoms with Crippen LogP contribution in [-0.4, -0.2) is 31.8 Å². The quantitative estimate of drug-likeness (QED) is 0.615. The molecule has 6 nitrogen and oxygen atoms in total. The average molecular weight is 292 g/mol. The number of methoxy groups -OCH3 is 1. The van der Waals surface area contributed by atoms with Crippen molar-refractivity contribution in [2.75, 3.05) is 7.11 Å². The van der Waals surface area contributed by atoms with Gasteiger partial charge in [0.05, 0.1) is 12.6 Å². The van der Waals surface area contributed by atoms with E-state index >= 15 is 0 Å². The number of aromatic nitrogens is 4. The molecular weight excluding hydrogens is 280 g/mol. The highest BCUT2D eigenvalue weighted by atomic mass is 16.5. The second-order valence-electron chi connectivity index (χ2n) is 4.87. The third-order valence-electron chi connectivity index (χ3n) is 3.59. The second kappa shape index (κ2) is 4.70. The highest BCUT2D eigenvalue weighted by Crippen LogP contribution is 2.31. The lowest BCUT2D eigenvalue weighted by Gasteiger charge is -2.06. The minimum Gasteiger partial charge on any atom is -0.504 e. The van der Waals surface area contributed by atoms with E-state index in [0.29, 0.717) is 11.6 Å². The standard InChI is InChI=1S/C16H12N4O2/c1-22-14-8-10(6-7-13(14)21)15-18-19-16-11-4-2-3-5-12(11)17-9-20(15)16/h2-9,21H,1H3. The fourth-order valence-corrected chi connectivity index (χ4v) is 2.49. The Hall–Kier alpha value is -3.15. The molecule has 0 atom stereocenters.